The minimum Gasteiger partial charge on any atom is -0.387 e. The maximum atomic E-state index is 13.7. The summed E-state index contributed by atoms with van der Waals surface area (Å²) in [6.45, 7) is 7.98. The predicted octanol–water partition coefficient (Wildman–Crippen LogP) is 1.23. The molecule has 0 bridgehead atoms. The minimum absolute atomic E-state index is 0.0153. The number of ether oxygens (including phenoxy) is 4. The van der Waals surface area contributed by atoms with Gasteiger partial charge in [-0.2, -0.15) is 0 Å². The molecule has 220 valence electrons. The minimum atomic E-state index is -3.65. The van der Waals surface area contributed by atoms with E-state index in [2.05, 4.69) is 9.83 Å². The van der Waals surface area contributed by atoms with E-state index >= 15 is 0 Å². The Morgan fingerprint density at radius 2 is 2.10 bits per heavy atom. The molecular formula is C23H35FN3O10PS. The van der Waals surface area contributed by atoms with Gasteiger partial charge >= 0.3 is 12.4 Å². The van der Waals surface area contributed by atoms with Crippen LogP contribution in [0.2, 0.25) is 0 Å². The van der Waals surface area contributed by atoms with E-state index in [9.17, 15) is 19.1 Å². The molecule has 3 rings (SSSR count). The van der Waals surface area contributed by atoms with Gasteiger partial charge in [0, 0.05) is 18.9 Å². The summed E-state index contributed by atoms with van der Waals surface area (Å²) in [5, 5.41) is 10.0. The van der Waals surface area contributed by atoms with Crippen LogP contribution in [-0.4, -0.2) is 97.5 Å². The van der Waals surface area contributed by atoms with Crippen LogP contribution < -0.4 is 11.2 Å². The van der Waals surface area contributed by atoms with E-state index in [1.54, 1.807) is 13.8 Å². The van der Waals surface area contributed by atoms with E-state index in [-0.39, 0.29) is 44.6 Å². The normalized spacial score (nSPS) is 31.2. The number of aliphatic hydroxyl groups is 1. The molecule has 2 aliphatic heterocycles. The summed E-state index contributed by atoms with van der Waals surface area (Å²) >= 11 is 5.64. The summed E-state index contributed by atoms with van der Waals surface area (Å²) in [7, 11) is 1.52. The van der Waals surface area contributed by atoms with Gasteiger partial charge in [-0.05, 0) is 32.1 Å². The first-order chi connectivity index (χ1) is 18.5. The van der Waals surface area contributed by atoms with Crippen molar-refractivity contribution in [3.63, 3.8) is 0 Å². The Morgan fingerprint density at radius 1 is 1.36 bits per heavy atom. The summed E-state index contributed by atoms with van der Waals surface area (Å²) in [5.74, 6) is 0. The molecule has 39 heavy (non-hydrogen) atoms. The number of methoxy groups -OCH3 is 1. The van der Waals surface area contributed by atoms with Crippen molar-refractivity contribution in [1.29, 1.82) is 0 Å². The van der Waals surface area contributed by atoms with Crippen LogP contribution in [0.1, 0.15) is 32.1 Å². The number of hydrogen-bond acceptors (Lipinski definition) is 11. The first-order valence-corrected chi connectivity index (χ1v) is 15.1. The van der Waals surface area contributed by atoms with Crippen LogP contribution in [0.5, 0.6) is 0 Å². The molecule has 16 heteroatoms. The third kappa shape index (κ3) is 8.01. The van der Waals surface area contributed by atoms with Gasteiger partial charge < -0.3 is 37.9 Å². The van der Waals surface area contributed by atoms with E-state index in [4.69, 9.17) is 50.9 Å². The Morgan fingerprint density at radius 3 is 2.72 bits per heavy atom. The zero-order valence-electron chi connectivity index (χ0n) is 22.2. The highest BCUT2D eigenvalue weighted by Gasteiger charge is 2.50. The quantitative estimate of drug-likeness (QED) is 0.182. The summed E-state index contributed by atoms with van der Waals surface area (Å²) in [5.41, 5.74) is -0.933. The number of aliphatic hydroxyl groups excluding tert-OH is 1. The van der Waals surface area contributed by atoms with Gasteiger partial charge in [-0.15, -0.1) is 0 Å². The number of hydrogen-bond donors (Lipinski definition) is 2. The largest absolute Gasteiger partial charge is 0.387 e. The summed E-state index contributed by atoms with van der Waals surface area (Å²) in [6, 6.07) is 0. The first-order valence-electron chi connectivity index (χ1n) is 12.5. The van der Waals surface area contributed by atoms with Crippen molar-refractivity contribution in [3.8, 4) is 0 Å². The Balaban J connectivity index is 1.92. The molecule has 3 heterocycles. The molecule has 0 aromatic carbocycles. The van der Waals surface area contributed by atoms with Crippen LogP contribution in [0.3, 0.4) is 0 Å². The van der Waals surface area contributed by atoms with Crippen LogP contribution in [0.15, 0.2) is 15.8 Å². The highest BCUT2D eigenvalue weighted by Crippen LogP contribution is 2.54. The maximum absolute atomic E-state index is 13.7. The van der Waals surface area contributed by atoms with Crippen molar-refractivity contribution in [1.82, 2.24) is 9.55 Å². The number of halogens is 1. The lowest BCUT2D eigenvalue weighted by Gasteiger charge is -2.31. The average Bonchev–Trinajstić information content (AvgIpc) is 3.41. The number of aryl methyl sites for hydroxylation is 1. The number of aromatic amines is 1. The third-order valence-corrected chi connectivity index (χ3v) is 8.71. The molecule has 2 N–H and O–H groups in total. The molecule has 1 aromatic rings. The molecule has 0 saturated carbocycles. The van der Waals surface area contributed by atoms with Crippen molar-refractivity contribution in [2.45, 2.75) is 76.2 Å². The van der Waals surface area contributed by atoms with E-state index in [0.717, 1.165) is 0 Å². The molecule has 1 aromatic heterocycles. The van der Waals surface area contributed by atoms with Crippen LogP contribution in [0, 0.1) is 13.5 Å². The SMILES string of the molecule is [C-]#[N+]CCOP(=S)(OC[C@H]1OC[C@@H](F)C1O)OC1[C@@H](CC)O[C@@H](n2cc(C)c(=O)[nH]c2=O)[C@H]1OC[C@H](C)OC. The number of nitrogens with one attached hydrogen (secondary N) is 1. The highest BCUT2D eigenvalue weighted by molar-refractivity contribution is 8.07. The Hall–Kier alpha value is -1.57. The Bertz CT molecular complexity index is 1160. The van der Waals surface area contributed by atoms with Crippen LogP contribution in [-0.2, 0) is 44.3 Å². The van der Waals surface area contributed by atoms with E-state index < -0.39 is 60.9 Å². The molecule has 9 atom stereocenters. The Kier molecular flexibility index (Phi) is 11.8. The van der Waals surface area contributed by atoms with Gasteiger partial charge in [0.2, 0.25) is 6.54 Å². The van der Waals surface area contributed by atoms with Crippen molar-refractivity contribution in [2.24, 2.45) is 0 Å². The molecular weight excluding hydrogens is 560 g/mol. The smallest absolute Gasteiger partial charge is 0.330 e. The topological polar surface area (TPSA) is 144 Å². The summed E-state index contributed by atoms with van der Waals surface area (Å²) in [6.07, 6.45) is -5.95. The lowest BCUT2D eigenvalue weighted by Crippen LogP contribution is -2.41. The fourth-order valence-corrected chi connectivity index (χ4v) is 6.15. The second kappa shape index (κ2) is 14.4. The summed E-state index contributed by atoms with van der Waals surface area (Å²) < 4.78 is 55.6. The van der Waals surface area contributed by atoms with Crippen molar-refractivity contribution >= 4 is 18.5 Å². The molecule has 13 nitrogen and oxygen atoms in total. The van der Waals surface area contributed by atoms with E-state index in [0.29, 0.717) is 6.42 Å². The van der Waals surface area contributed by atoms with E-state index in [1.807, 2.05) is 6.92 Å². The second-order valence-electron chi connectivity index (χ2n) is 9.20. The van der Waals surface area contributed by atoms with Crippen molar-refractivity contribution < 1.29 is 42.0 Å². The first kappa shape index (κ1) is 32.0. The third-order valence-electron chi connectivity index (χ3n) is 6.35. The standard InChI is InChI=1S/C23H35FN3O10PS/c1-6-16-19(37-38(39,34-8-7-25-4)35-12-17-18(28)15(24)11-32-17)20(33-10-14(3)31-5)22(36-16)27-9-13(2)21(29)26-23(27)30/h9,14-20,22,28H,6-8,10-12H2,1-3,5H3,(H,26,29,30)/t14-,15+,16+,17+,18?,19?,20-,22+,38?/m0/s1. The van der Waals surface area contributed by atoms with Crippen molar-refractivity contribution in [2.75, 3.05) is 40.1 Å². The monoisotopic (exact) mass is 595 g/mol. The molecule has 0 aliphatic carbocycles. The van der Waals surface area contributed by atoms with E-state index in [1.165, 1.54) is 17.9 Å². The Labute approximate surface area is 230 Å². The fraction of sp³-hybridized carbons (Fsp3) is 0.783. The molecule has 2 aliphatic rings. The number of nitrogens with zero attached hydrogens (tertiary/aromatic N) is 2. The van der Waals surface area contributed by atoms with Gasteiger partial charge in [-0.25, -0.2) is 15.8 Å². The fourth-order valence-electron chi connectivity index (χ4n) is 4.06. The number of H-pyrrole nitrogens is 1. The van der Waals surface area contributed by atoms with Gasteiger partial charge in [0.05, 0.1) is 32.0 Å². The van der Waals surface area contributed by atoms with Gasteiger partial charge in [0.25, 0.3) is 5.56 Å². The van der Waals surface area contributed by atoms with Crippen LogP contribution in [0.4, 0.5) is 4.39 Å². The lowest BCUT2D eigenvalue weighted by molar-refractivity contribution is -0.0927. The number of alkyl halides is 1. The average molecular weight is 596 g/mol. The van der Waals surface area contributed by atoms with Gasteiger partial charge in [-0.3, -0.25) is 18.9 Å². The van der Waals surface area contributed by atoms with Crippen molar-refractivity contribution in [3.05, 3.63) is 44.0 Å². The van der Waals surface area contributed by atoms with Gasteiger partial charge in [0.1, 0.15) is 31.0 Å². The molecule has 2 fully saturated rings. The molecule has 0 amide bonds. The van der Waals surface area contributed by atoms with Gasteiger partial charge in [0.15, 0.2) is 12.4 Å². The molecule has 0 spiro atoms. The van der Waals surface area contributed by atoms with Gasteiger partial charge in [-0.1, -0.05) is 6.92 Å². The molecule has 3 unspecified atom stereocenters. The zero-order chi connectivity index (χ0) is 28.7. The lowest BCUT2D eigenvalue weighted by atomic mass is 10.1. The predicted molar refractivity (Wildman–Crippen MR) is 140 cm³/mol. The number of rotatable bonds is 14. The maximum Gasteiger partial charge on any atom is 0.330 e. The summed E-state index contributed by atoms with van der Waals surface area (Å²) in [4.78, 5) is 30.2. The second-order valence-corrected chi connectivity index (χ2v) is 12.2. The van der Waals surface area contributed by atoms with Crippen LogP contribution >= 0.6 is 6.72 Å². The highest BCUT2D eigenvalue weighted by atomic mass is 32.5. The number of aromatic nitrogens is 2. The molecule has 0 radical (unpaired) electrons. The van der Waals surface area contributed by atoms with Crippen LogP contribution in [0.25, 0.3) is 4.85 Å². The zero-order valence-corrected chi connectivity index (χ0v) is 23.9. The molecule has 2 saturated heterocycles.